The van der Waals surface area contributed by atoms with Crippen LogP contribution < -0.4 is 4.74 Å². The van der Waals surface area contributed by atoms with Gasteiger partial charge in [-0.2, -0.15) is 0 Å². The van der Waals surface area contributed by atoms with Gasteiger partial charge in [-0.3, -0.25) is 9.59 Å². The summed E-state index contributed by atoms with van der Waals surface area (Å²) in [6.45, 7) is 7.36. The molecule has 184 valence electrons. The molecule has 9 heteroatoms. The number of carbonyl (C=O) groups is 2. The number of aryl methyl sites for hydroxylation is 2. The molecule has 0 bridgehead atoms. The van der Waals surface area contributed by atoms with Gasteiger partial charge in [0, 0.05) is 43.0 Å². The number of likely N-dealkylation sites (tertiary alicyclic amines) is 1. The average molecular weight is 490 g/mol. The van der Waals surface area contributed by atoms with Gasteiger partial charge >= 0.3 is 0 Å². The van der Waals surface area contributed by atoms with Crippen LogP contribution in [0.25, 0.3) is 0 Å². The third kappa shape index (κ3) is 5.55. The number of hydrogen-bond acceptors (Lipinski definition) is 6. The summed E-state index contributed by atoms with van der Waals surface area (Å²) in [6.07, 6.45) is 2.49. The summed E-state index contributed by atoms with van der Waals surface area (Å²) >= 11 is 6.13. The van der Waals surface area contributed by atoms with Crippen LogP contribution in [-0.2, 0) is 16.0 Å². The number of amides is 2. The predicted octanol–water partition coefficient (Wildman–Crippen LogP) is 3.75. The van der Waals surface area contributed by atoms with Gasteiger partial charge in [0.25, 0.3) is 5.91 Å². The molecule has 3 heterocycles. The molecule has 0 aliphatic carbocycles. The standard InChI is InChI=1S/C25H32ClN3O5/c1-3-21-23(18(2)34-27-21)24(31)29-9-5-8-25(16-29,15-22(30)28-10-12-32-13-11-28)17-33-20-7-4-6-19(26)14-20/h4,6-7,14H,3,5,8-13,15-17H2,1-2H3. The van der Waals surface area contributed by atoms with E-state index in [9.17, 15) is 9.59 Å². The van der Waals surface area contributed by atoms with E-state index in [-0.39, 0.29) is 11.8 Å². The van der Waals surface area contributed by atoms with E-state index in [0.717, 1.165) is 12.8 Å². The Hall–Kier alpha value is -2.58. The van der Waals surface area contributed by atoms with E-state index in [4.69, 9.17) is 25.6 Å². The Morgan fingerprint density at radius 2 is 2.00 bits per heavy atom. The van der Waals surface area contributed by atoms with Crippen molar-refractivity contribution in [2.45, 2.75) is 39.5 Å². The molecule has 8 nitrogen and oxygen atoms in total. The lowest BCUT2D eigenvalue weighted by atomic mass is 9.77. The predicted molar refractivity (Wildman–Crippen MR) is 127 cm³/mol. The molecule has 2 saturated heterocycles. The number of carbonyl (C=O) groups excluding carboxylic acids is 2. The smallest absolute Gasteiger partial charge is 0.259 e. The molecular formula is C25H32ClN3O5. The van der Waals surface area contributed by atoms with E-state index >= 15 is 0 Å². The number of rotatable bonds is 7. The van der Waals surface area contributed by atoms with Crippen LogP contribution in [0.1, 0.15) is 48.0 Å². The first kappa shape index (κ1) is 24.5. The van der Waals surface area contributed by atoms with Crippen molar-refractivity contribution in [2.75, 3.05) is 46.0 Å². The van der Waals surface area contributed by atoms with Crippen LogP contribution in [0.4, 0.5) is 0 Å². The molecule has 4 rings (SSSR count). The van der Waals surface area contributed by atoms with Gasteiger partial charge in [0.1, 0.15) is 17.1 Å². The van der Waals surface area contributed by atoms with Crippen molar-refractivity contribution in [3.63, 3.8) is 0 Å². The Morgan fingerprint density at radius 3 is 2.74 bits per heavy atom. The molecule has 2 aromatic rings. The largest absolute Gasteiger partial charge is 0.493 e. The van der Waals surface area contributed by atoms with Crippen molar-refractivity contribution >= 4 is 23.4 Å². The lowest BCUT2D eigenvalue weighted by molar-refractivity contribution is -0.139. The number of ether oxygens (including phenoxy) is 2. The third-order valence-corrected chi connectivity index (χ3v) is 6.90. The monoisotopic (exact) mass is 489 g/mol. The maximum absolute atomic E-state index is 13.5. The second kappa shape index (κ2) is 10.8. The van der Waals surface area contributed by atoms with Gasteiger partial charge in [-0.05, 0) is 44.4 Å². The van der Waals surface area contributed by atoms with E-state index < -0.39 is 5.41 Å². The SMILES string of the molecule is CCc1noc(C)c1C(=O)N1CCCC(COc2cccc(Cl)c2)(CC(=O)N2CCOCC2)C1. The van der Waals surface area contributed by atoms with Crippen molar-refractivity contribution < 1.29 is 23.6 Å². The van der Waals surface area contributed by atoms with Crippen LogP contribution in [0.2, 0.25) is 5.02 Å². The maximum atomic E-state index is 13.5. The highest BCUT2D eigenvalue weighted by molar-refractivity contribution is 6.30. The summed E-state index contributed by atoms with van der Waals surface area (Å²) in [5, 5.41) is 4.64. The van der Waals surface area contributed by atoms with Crippen LogP contribution >= 0.6 is 11.6 Å². The first-order valence-electron chi connectivity index (χ1n) is 11.9. The number of aromatic nitrogens is 1. The number of piperidine rings is 1. The average Bonchev–Trinajstić information content (AvgIpc) is 3.23. The van der Waals surface area contributed by atoms with Crippen molar-refractivity contribution in [3.05, 3.63) is 46.3 Å². The van der Waals surface area contributed by atoms with E-state index in [2.05, 4.69) is 5.16 Å². The highest BCUT2D eigenvalue weighted by Crippen LogP contribution is 2.36. The Bertz CT molecular complexity index is 1020. The zero-order valence-corrected chi connectivity index (χ0v) is 20.6. The van der Waals surface area contributed by atoms with Crippen molar-refractivity contribution in [1.82, 2.24) is 15.0 Å². The molecule has 1 aromatic heterocycles. The fourth-order valence-electron chi connectivity index (χ4n) is 4.82. The molecule has 0 N–H and O–H groups in total. The van der Waals surface area contributed by atoms with Crippen LogP contribution in [0.15, 0.2) is 28.8 Å². The van der Waals surface area contributed by atoms with Crippen LogP contribution in [0, 0.1) is 12.3 Å². The molecule has 0 saturated carbocycles. The molecule has 1 atom stereocenters. The summed E-state index contributed by atoms with van der Waals surface area (Å²) in [7, 11) is 0. The van der Waals surface area contributed by atoms with Crippen LogP contribution in [0.3, 0.4) is 0 Å². The molecular weight excluding hydrogens is 458 g/mol. The highest BCUT2D eigenvalue weighted by Gasteiger charge is 2.42. The highest BCUT2D eigenvalue weighted by atomic mass is 35.5. The van der Waals surface area contributed by atoms with Crippen molar-refractivity contribution in [1.29, 1.82) is 0 Å². The molecule has 2 amide bonds. The normalized spacial score (nSPS) is 20.9. The van der Waals surface area contributed by atoms with E-state index in [1.807, 2.05) is 28.9 Å². The minimum absolute atomic E-state index is 0.0719. The van der Waals surface area contributed by atoms with Gasteiger partial charge in [0.2, 0.25) is 5.91 Å². The van der Waals surface area contributed by atoms with Crippen LogP contribution in [0.5, 0.6) is 5.75 Å². The zero-order valence-electron chi connectivity index (χ0n) is 19.8. The second-order valence-electron chi connectivity index (χ2n) is 9.16. The Morgan fingerprint density at radius 1 is 1.21 bits per heavy atom. The third-order valence-electron chi connectivity index (χ3n) is 6.66. The summed E-state index contributed by atoms with van der Waals surface area (Å²) in [5.74, 6) is 1.15. The van der Waals surface area contributed by atoms with Crippen LogP contribution in [-0.4, -0.2) is 72.8 Å². The topological polar surface area (TPSA) is 85.1 Å². The second-order valence-corrected chi connectivity index (χ2v) is 9.60. The fourth-order valence-corrected chi connectivity index (χ4v) is 5.00. The van der Waals surface area contributed by atoms with Gasteiger partial charge < -0.3 is 23.8 Å². The van der Waals surface area contributed by atoms with Crippen molar-refractivity contribution in [2.24, 2.45) is 5.41 Å². The van der Waals surface area contributed by atoms with Gasteiger partial charge in [0.15, 0.2) is 0 Å². The number of benzene rings is 1. The molecule has 0 radical (unpaired) electrons. The lowest BCUT2D eigenvalue weighted by Crippen LogP contribution is -2.52. The van der Waals surface area contributed by atoms with E-state index in [0.29, 0.717) is 86.6 Å². The summed E-state index contributed by atoms with van der Waals surface area (Å²) in [6, 6.07) is 7.24. The molecule has 1 aromatic carbocycles. The Labute approximate surface area is 205 Å². The fraction of sp³-hybridized carbons (Fsp3) is 0.560. The van der Waals surface area contributed by atoms with Gasteiger partial charge in [-0.25, -0.2) is 0 Å². The quantitative estimate of drug-likeness (QED) is 0.589. The minimum atomic E-state index is -0.511. The van der Waals surface area contributed by atoms with E-state index in [1.165, 1.54) is 0 Å². The molecule has 2 aliphatic rings. The molecule has 34 heavy (non-hydrogen) atoms. The number of hydrogen-bond donors (Lipinski definition) is 0. The molecule has 1 unspecified atom stereocenters. The molecule has 2 fully saturated rings. The Kier molecular flexibility index (Phi) is 7.78. The summed E-state index contributed by atoms with van der Waals surface area (Å²) < 4.78 is 16.9. The number of morpholine rings is 1. The van der Waals surface area contributed by atoms with E-state index in [1.54, 1.807) is 19.1 Å². The summed E-state index contributed by atoms with van der Waals surface area (Å²) in [4.78, 5) is 30.5. The number of halogens is 1. The first-order chi connectivity index (χ1) is 16.4. The number of nitrogens with zero attached hydrogens (tertiary/aromatic N) is 3. The van der Waals surface area contributed by atoms with Crippen molar-refractivity contribution in [3.8, 4) is 5.75 Å². The van der Waals surface area contributed by atoms with Gasteiger partial charge in [0.05, 0.1) is 25.5 Å². The Balaban J connectivity index is 1.56. The molecule has 0 spiro atoms. The minimum Gasteiger partial charge on any atom is -0.493 e. The van der Waals surface area contributed by atoms with Gasteiger partial charge in [-0.1, -0.05) is 29.7 Å². The first-order valence-corrected chi connectivity index (χ1v) is 12.3. The lowest BCUT2D eigenvalue weighted by Gasteiger charge is -2.43. The molecule has 2 aliphatic heterocycles. The summed E-state index contributed by atoms with van der Waals surface area (Å²) in [5.41, 5.74) is 0.690. The maximum Gasteiger partial charge on any atom is 0.259 e. The zero-order chi connectivity index (χ0) is 24.1. The van der Waals surface area contributed by atoms with Gasteiger partial charge in [-0.15, -0.1) is 0 Å².